The van der Waals surface area contributed by atoms with Gasteiger partial charge in [0.2, 0.25) is 0 Å². The minimum atomic E-state index is 0.858. The summed E-state index contributed by atoms with van der Waals surface area (Å²) in [5.41, 5.74) is 19.2. The van der Waals surface area contributed by atoms with Crippen LogP contribution in [0, 0.1) is 13.8 Å². The highest BCUT2D eigenvalue weighted by molar-refractivity contribution is 5.88. The van der Waals surface area contributed by atoms with E-state index in [1.807, 2.05) is 24.3 Å². The van der Waals surface area contributed by atoms with Crippen LogP contribution in [-0.2, 0) is 0 Å². The summed E-state index contributed by atoms with van der Waals surface area (Å²) < 4.78 is 0. The van der Waals surface area contributed by atoms with Crippen molar-refractivity contribution in [1.82, 2.24) is 9.97 Å². The summed E-state index contributed by atoms with van der Waals surface area (Å²) in [6.07, 6.45) is 0. The van der Waals surface area contributed by atoms with Gasteiger partial charge < -0.3 is 9.80 Å². The van der Waals surface area contributed by atoms with E-state index in [1.165, 1.54) is 11.1 Å². The molecule has 10 aromatic rings. The minimum absolute atomic E-state index is 0.858. The van der Waals surface area contributed by atoms with Crippen LogP contribution in [0.3, 0.4) is 0 Å². The molecule has 0 saturated carbocycles. The van der Waals surface area contributed by atoms with Gasteiger partial charge in [0.25, 0.3) is 0 Å². The zero-order chi connectivity index (χ0) is 41.8. The lowest BCUT2D eigenvalue weighted by atomic mass is 9.98. The standard InChI is InChI=1S/C58H44N4/c1-41-13-11-19-53(39-41)61(49-15-5-3-6-16-49)51-35-31-45(32-36-51)43-23-27-47(28-24-43)57-58(60-56-22-10-9-21-55(56)59-57)48-29-25-44(26-30-48)46-33-37-52(38-34-46)62(50-17-7-4-8-18-50)54-20-12-14-42(2)40-54/h3-40H,1-2H3. The van der Waals surface area contributed by atoms with Crippen molar-refractivity contribution in [2.24, 2.45) is 0 Å². The quantitative estimate of drug-likeness (QED) is 0.138. The monoisotopic (exact) mass is 796 g/mol. The first-order valence-corrected chi connectivity index (χ1v) is 21.1. The van der Waals surface area contributed by atoms with Crippen LogP contribution in [0.1, 0.15) is 11.1 Å². The topological polar surface area (TPSA) is 32.3 Å². The van der Waals surface area contributed by atoms with Gasteiger partial charge in [-0.15, -0.1) is 0 Å². The second-order valence-corrected chi connectivity index (χ2v) is 15.7. The van der Waals surface area contributed by atoms with Gasteiger partial charge in [0.05, 0.1) is 22.4 Å². The number of hydrogen-bond donors (Lipinski definition) is 0. The predicted molar refractivity (Wildman–Crippen MR) is 260 cm³/mol. The van der Waals surface area contributed by atoms with E-state index in [-0.39, 0.29) is 0 Å². The van der Waals surface area contributed by atoms with E-state index in [0.717, 1.165) is 89.9 Å². The van der Waals surface area contributed by atoms with Gasteiger partial charge in [-0.2, -0.15) is 0 Å². The molecule has 0 atom stereocenters. The first-order chi connectivity index (χ1) is 30.5. The highest BCUT2D eigenvalue weighted by Crippen LogP contribution is 2.39. The molecule has 0 saturated heterocycles. The molecular formula is C58H44N4. The number of anilines is 6. The fourth-order valence-electron chi connectivity index (χ4n) is 8.23. The van der Waals surface area contributed by atoms with Gasteiger partial charge in [-0.05, 0) is 132 Å². The molecule has 0 bridgehead atoms. The number of nitrogens with zero attached hydrogens (tertiary/aromatic N) is 4. The average Bonchev–Trinajstić information content (AvgIpc) is 3.33. The van der Waals surface area contributed by atoms with Gasteiger partial charge in [0, 0.05) is 45.3 Å². The van der Waals surface area contributed by atoms with Crippen LogP contribution in [0.25, 0.3) is 55.8 Å². The lowest BCUT2D eigenvalue weighted by molar-refractivity contribution is 1.27. The van der Waals surface area contributed by atoms with E-state index in [1.54, 1.807) is 0 Å². The molecule has 0 aliphatic heterocycles. The molecule has 0 spiro atoms. The Hall–Kier alpha value is -8.08. The summed E-state index contributed by atoms with van der Waals surface area (Å²) in [5.74, 6) is 0. The zero-order valence-electron chi connectivity index (χ0n) is 34.7. The lowest BCUT2D eigenvalue weighted by Gasteiger charge is -2.26. The Bertz CT molecular complexity index is 2890. The van der Waals surface area contributed by atoms with Crippen molar-refractivity contribution >= 4 is 45.2 Å². The first-order valence-electron chi connectivity index (χ1n) is 21.1. The number of para-hydroxylation sites is 4. The molecule has 0 amide bonds. The molecule has 62 heavy (non-hydrogen) atoms. The third-order valence-electron chi connectivity index (χ3n) is 11.4. The van der Waals surface area contributed by atoms with Crippen LogP contribution in [0.5, 0.6) is 0 Å². The average molecular weight is 797 g/mol. The van der Waals surface area contributed by atoms with Crippen molar-refractivity contribution in [1.29, 1.82) is 0 Å². The molecule has 0 aliphatic rings. The second-order valence-electron chi connectivity index (χ2n) is 15.7. The Morgan fingerprint density at radius 3 is 0.903 bits per heavy atom. The molecule has 1 heterocycles. The van der Waals surface area contributed by atoms with Crippen LogP contribution in [0.4, 0.5) is 34.1 Å². The maximum atomic E-state index is 5.21. The second kappa shape index (κ2) is 16.9. The highest BCUT2D eigenvalue weighted by Gasteiger charge is 2.17. The van der Waals surface area contributed by atoms with Crippen molar-refractivity contribution in [2.75, 3.05) is 9.80 Å². The summed E-state index contributed by atoms with van der Waals surface area (Å²) in [6.45, 7) is 4.27. The van der Waals surface area contributed by atoms with E-state index in [0.29, 0.717) is 0 Å². The van der Waals surface area contributed by atoms with Gasteiger partial charge in [0.15, 0.2) is 0 Å². The van der Waals surface area contributed by atoms with Crippen LogP contribution in [0.2, 0.25) is 0 Å². The van der Waals surface area contributed by atoms with Crippen molar-refractivity contribution in [3.63, 3.8) is 0 Å². The van der Waals surface area contributed by atoms with Crippen LogP contribution in [0.15, 0.2) is 231 Å². The molecule has 0 radical (unpaired) electrons. The normalized spacial score (nSPS) is 11.1. The number of aryl methyl sites for hydroxylation is 2. The summed E-state index contributed by atoms with van der Waals surface area (Å²) in [7, 11) is 0. The Morgan fingerprint density at radius 1 is 0.258 bits per heavy atom. The highest BCUT2D eigenvalue weighted by atomic mass is 15.1. The molecule has 296 valence electrons. The van der Waals surface area contributed by atoms with Gasteiger partial charge >= 0.3 is 0 Å². The molecule has 0 N–H and O–H groups in total. The molecular weight excluding hydrogens is 753 g/mol. The fraction of sp³-hybridized carbons (Fsp3) is 0.0345. The van der Waals surface area contributed by atoms with Crippen LogP contribution < -0.4 is 9.80 Å². The number of rotatable bonds is 10. The van der Waals surface area contributed by atoms with Crippen molar-refractivity contribution in [3.05, 3.63) is 242 Å². The third kappa shape index (κ3) is 7.85. The molecule has 0 fully saturated rings. The summed E-state index contributed by atoms with van der Waals surface area (Å²) >= 11 is 0. The van der Waals surface area contributed by atoms with Crippen molar-refractivity contribution in [3.8, 4) is 44.8 Å². The van der Waals surface area contributed by atoms with E-state index in [2.05, 4.69) is 230 Å². The molecule has 4 nitrogen and oxygen atoms in total. The summed E-state index contributed by atoms with van der Waals surface area (Å²) in [4.78, 5) is 15.0. The van der Waals surface area contributed by atoms with Gasteiger partial charge in [0.1, 0.15) is 0 Å². The molecule has 4 heteroatoms. The van der Waals surface area contributed by atoms with Crippen LogP contribution in [-0.4, -0.2) is 9.97 Å². The van der Waals surface area contributed by atoms with E-state index < -0.39 is 0 Å². The van der Waals surface area contributed by atoms with Gasteiger partial charge in [-0.25, -0.2) is 9.97 Å². The summed E-state index contributed by atoms with van der Waals surface area (Å²) in [5, 5.41) is 0. The number of aromatic nitrogens is 2. The van der Waals surface area contributed by atoms with E-state index >= 15 is 0 Å². The molecule has 0 aliphatic carbocycles. The van der Waals surface area contributed by atoms with Gasteiger partial charge in [-0.1, -0.05) is 146 Å². The Labute approximate surface area is 363 Å². The maximum Gasteiger partial charge on any atom is 0.0973 e. The number of hydrogen-bond acceptors (Lipinski definition) is 4. The first kappa shape index (κ1) is 38.1. The fourth-order valence-corrected chi connectivity index (χ4v) is 8.23. The minimum Gasteiger partial charge on any atom is -0.310 e. The van der Waals surface area contributed by atoms with E-state index in [9.17, 15) is 0 Å². The molecule has 9 aromatic carbocycles. The molecule has 10 rings (SSSR count). The maximum absolute atomic E-state index is 5.21. The number of benzene rings is 9. The third-order valence-corrected chi connectivity index (χ3v) is 11.4. The Morgan fingerprint density at radius 2 is 0.548 bits per heavy atom. The summed E-state index contributed by atoms with van der Waals surface area (Å²) in [6, 6.07) is 81.5. The largest absolute Gasteiger partial charge is 0.310 e. The molecule has 0 unspecified atom stereocenters. The smallest absolute Gasteiger partial charge is 0.0973 e. The Kier molecular flexibility index (Phi) is 10.4. The Balaban J connectivity index is 0.934. The zero-order valence-corrected chi connectivity index (χ0v) is 34.7. The lowest BCUT2D eigenvalue weighted by Crippen LogP contribution is -2.09. The molecule has 1 aromatic heterocycles. The van der Waals surface area contributed by atoms with Crippen molar-refractivity contribution < 1.29 is 0 Å². The van der Waals surface area contributed by atoms with Crippen molar-refractivity contribution in [2.45, 2.75) is 13.8 Å². The SMILES string of the molecule is Cc1cccc(N(c2ccccc2)c2ccc(-c3ccc(-c4nc5ccccc5nc4-c4ccc(-c5ccc(N(c6ccccc6)c6cccc(C)c6)cc5)cc4)cc3)cc2)c1. The number of fused-ring (bicyclic) bond motifs is 1. The van der Waals surface area contributed by atoms with Crippen LogP contribution >= 0.6 is 0 Å². The predicted octanol–water partition coefficient (Wildman–Crippen LogP) is 15.9. The van der Waals surface area contributed by atoms with Gasteiger partial charge in [-0.3, -0.25) is 0 Å². The van der Waals surface area contributed by atoms with E-state index in [4.69, 9.17) is 9.97 Å².